The van der Waals surface area contributed by atoms with Crippen molar-refractivity contribution in [2.45, 2.75) is 19.3 Å². The third-order valence-electron chi connectivity index (χ3n) is 1.80. The second-order valence-electron chi connectivity index (χ2n) is 3.42. The van der Waals surface area contributed by atoms with E-state index in [-0.39, 0.29) is 12.0 Å². The van der Waals surface area contributed by atoms with Gasteiger partial charge in [-0.15, -0.1) is 0 Å². The van der Waals surface area contributed by atoms with Gasteiger partial charge in [-0.05, 0) is 6.07 Å². The van der Waals surface area contributed by atoms with Crippen molar-refractivity contribution in [1.29, 1.82) is 0 Å². The number of nitrogens with zero attached hydrogens (tertiary/aromatic N) is 2. The maximum atomic E-state index is 9.01. The summed E-state index contributed by atoms with van der Waals surface area (Å²) in [5, 5.41) is 13.2. The molecule has 0 radical (unpaired) electrons. The minimum Gasteiger partial charge on any atom is -0.395 e. The van der Waals surface area contributed by atoms with Gasteiger partial charge in [0.15, 0.2) is 0 Å². The van der Waals surface area contributed by atoms with E-state index in [9.17, 15) is 0 Å². The average Bonchev–Trinajstić information content (AvgIpc) is 2.36. The Morgan fingerprint density at radius 3 is 2.64 bits per heavy atom. The van der Waals surface area contributed by atoms with Crippen molar-refractivity contribution in [3.05, 3.63) is 18.0 Å². The second-order valence-corrected chi connectivity index (χ2v) is 3.42. The quantitative estimate of drug-likeness (QED) is 0.680. The van der Waals surface area contributed by atoms with Gasteiger partial charge in [0.25, 0.3) is 0 Å². The highest BCUT2D eigenvalue weighted by Gasteiger charge is 2.21. The number of aliphatic hydroxyl groups is 1. The Hall–Kier alpha value is -0.830. The number of aliphatic hydroxyl groups excluding tert-OH is 1. The Morgan fingerprint density at radius 2 is 2.27 bits per heavy atom. The summed E-state index contributed by atoms with van der Waals surface area (Å²) in [5.41, 5.74) is 0.712. The highest BCUT2D eigenvalue weighted by atomic mass is 16.3. The molecule has 11 heavy (non-hydrogen) atoms. The van der Waals surface area contributed by atoms with Crippen molar-refractivity contribution < 1.29 is 5.11 Å². The molecular formula is C8H14N2O. The highest BCUT2D eigenvalue weighted by molar-refractivity contribution is 5.11. The van der Waals surface area contributed by atoms with Crippen LogP contribution >= 0.6 is 0 Å². The Morgan fingerprint density at radius 1 is 1.64 bits per heavy atom. The normalized spacial score (nSPS) is 12.0. The Bertz CT molecular complexity index is 240. The Kier molecular flexibility index (Phi) is 2.00. The van der Waals surface area contributed by atoms with Gasteiger partial charge < -0.3 is 5.11 Å². The number of aromatic nitrogens is 2. The summed E-state index contributed by atoms with van der Waals surface area (Å²) < 4.78 is 1.74. The first kappa shape index (κ1) is 8.27. The van der Waals surface area contributed by atoms with Crippen molar-refractivity contribution in [1.82, 2.24) is 9.78 Å². The number of hydrogen-bond donors (Lipinski definition) is 1. The summed E-state index contributed by atoms with van der Waals surface area (Å²) in [6.07, 6.45) is 1.88. The molecule has 0 fully saturated rings. The van der Waals surface area contributed by atoms with Crippen LogP contribution in [0.4, 0.5) is 0 Å². The van der Waals surface area contributed by atoms with Gasteiger partial charge >= 0.3 is 0 Å². The fourth-order valence-corrected chi connectivity index (χ4v) is 0.857. The molecule has 3 nitrogen and oxygen atoms in total. The molecule has 0 aliphatic carbocycles. The summed E-state index contributed by atoms with van der Waals surface area (Å²) in [7, 11) is 1.87. The zero-order valence-corrected chi connectivity index (χ0v) is 7.20. The van der Waals surface area contributed by atoms with Gasteiger partial charge in [0.05, 0.1) is 12.3 Å². The summed E-state index contributed by atoms with van der Waals surface area (Å²) >= 11 is 0. The van der Waals surface area contributed by atoms with Crippen molar-refractivity contribution in [2.75, 3.05) is 6.61 Å². The fourth-order valence-electron chi connectivity index (χ4n) is 0.857. The molecule has 0 saturated heterocycles. The van der Waals surface area contributed by atoms with Crippen LogP contribution in [0.2, 0.25) is 0 Å². The van der Waals surface area contributed by atoms with E-state index in [0.29, 0.717) is 0 Å². The summed E-state index contributed by atoms with van der Waals surface area (Å²) in [6, 6.07) is 1.93. The van der Waals surface area contributed by atoms with Crippen LogP contribution in [-0.4, -0.2) is 21.5 Å². The molecule has 0 unspecified atom stereocenters. The summed E-state index contributed by atoms with van der Waals surface area (Å²) in [6.45, 7) is 4.06. The first-order valence-corrected chi connectivity index (χ1v) is 3.67. The molecule has 0 saturated carbocycles. The smallest absolute Gasteiger partial charge is 0.0703 e. The van der Waals surface area contributed by atoms with E-state index < -0.39 is 0 Å². The second kappa shape index (κ2) is 2.66. The minimum absolute atomic E-state index is 0.129. The average molecular weight is 154 g/mol. The van der Waals surface area contributed by atoms with Gasteiger partial charge in [-0.2, -0.15) is 5.10 Å². The Balaban J connectivity index is 2.92. The van der Waals surface area contributed by atoms with E-state index >= 15 is 0 Å². The van der Waals surface area contributed by atoms with Gasteiger partial charge in [0.1, 0.15) is 0 Å². The standard InChI is InChI=1S/C8H14N2O/c1-8(2,6-11)7-4-5-10(3)9-7/h4-5,11H,6H2,1-3H3. The van der Waals surface area contributed by atoms with E-state index in [1.54, 1.807) is 4.68 Å². The Labute approximate surface area is 66.7 Å². The summed E-state index contributed by atoms with van der Waals surface area (Å²) in [4.78, 5) is 0. The zero-order chi connectivity index (χ0) is 8.48. The predicted molar refractivity (Wildman–Crippen MR) is 43.3 cm³/mol. The topological polar surface area (TPSA) is 38.0 Å². The first-order chi connectivity index (χ1) is 5.06. The molecule has 1 rings (SSSR count). The molecule has 0 aliphatic rings. The van der Waals surface area contributed by atoms with Crippen molar-refractivity contribution in [3.8, 4) is 0 Å². The largest absolute Gasteiger partial charge is 0.395 e. The minimum atomic E-state index is -0.221. The van der Waals surface area contributed by atoms with Crippen LogP contribution < -0.4 is 0 Å². The molecule has 0 spiro atoms. The van der Waals surface area contributed by atoms with Gasteiger partial charge in [-0.25, -0.2) is 0 Å². The van der Waals surface area contributed by atoms with Crippen LogP contribution in [0.15, 0.2) is 12.3 Å². The predicted octanol–water partition coefficient (Wildman–Crippen LogP) is 0.690. The van der Waals surface area contributed by atoms with Crippen LogP contribution in [0.3, 0.4) is 0 Å². The molecule has 1 aromatic heterocycles. The molecule has 0 aromatic carbocycles. The van der Waals surface area contributed by atoms with Gasteiger partial charge in [-0.1, -0.05) is 13.8 Å². The summed E-state index contributed by atoms with van der Waals surface area (Å²) in [5.74, 6) is 0. The van der Waals surface area contributed by atoms with Crippen LogP contribution in [0.25, 0.3) is 0 Å². The van der Waals surface area contributed by atoms with E-state index in [1.165, 1.54) is 0 Å². The SMILES string of the molecule is Cn1ccc(C(C)(C)CO)n1. The van der Waals surface area contributed by atoms with Crippen LogP contribution in [-0.2, 0) is 12.5 Å². The molecule has 0 atom stereocenters. The molecular weight excluding hydrogens is 140 g/mol. The maximum Gasteiger partial charge on any atom is 0.0703 e. The molecule has 0 bridgehead atoms. The van der Waals surface area contributed by atoms with Crippen LogP contribution in [0.1, 0.15) is 19.5 Å². The molecule has 3 heteroatoms. The van der Waals surface area contributed by atoms with Gasteiger partial charge in [-0.3, -0.25) is 4.68 Å². The molecule has 1 aromatic rings. The third kappa shape index (κ3) is 1.60. The van der Waals surface area contributed by atoms with Crippen molar-refractivity contribution in [2.24, 2.45) is 7.05 Å². The zero-order valence-electron chi connectivity index (χ0n) is 7.20. The lowest BCUT2D eigenvalue weighted by Gasteiger charge is -2.17. The molecule has 62 valence electrons. The van der Waals surface area contributed by atoms with E-state index in [2.05, 4.69) is 5.10 Å². The number of aryl methyl sites for hydroxylation is 1. The van der Waals surface area contributed by atoms with Crippen LogP contribution in [0, 0.1) is 0 Å². The molecule has 0 amide bonds. The van der Waals surface area contributed by atoms with E-state index in [0.717, 1.165) is 5.69 Å². The molecule has 0 aliphatic heterocycles. The lowest BCUT2D eigenvalue weighted by Crippen LogP contribution is -2.22. The third-order valence-corrected chi connectivity index (χ3v) is 1.80. The maximum absolute atomic E-state index is 9.01. The monoisotopic (exact) mass is 154 g/mol. The van der Waals surface area contributed by atoms with Crippen molar-refractivity contribution >= 4 is 0 Å². The number of rotatable bonds is 2. The number of hydrogen-bond acceptors (Lipinski definition) is 2. The molecule has 1 N–H and O–H groups in total. The van der Waals surface area contributed by atoms with Crippen LogP contribution in [0.5, 0.6) is 0 Å². The first-order valence-electron chi connectivity index (χ1n) is 3.67. The van der Waals surface area contributed by atoms with E-state index in [1.807, 2.05) is 33.2 Å². The van der Waals surface area contributed by atoms with Gasteiger partial charge in [0, 0.05) is 18.7 Å². The lowest BCUT2D eigenvalue weighted by molar-refractivity contribution is 0.214. The van der Waals surface area contributed by atoms with E-state index in [4.69, 9.17) is 5.11 Å². The molecule has 1 heterocycles. The van der Waals surface area contributed by atoms with Crippen molar-refractivity contribution in [3.63, 3.8) is 0 Å². The fraction of sp³-hybridized carbons (Fsp3) is 0.625. The highest BCUT2D eigenvalue weighted by Crippen LogP contribution is 2.19. The lowest BCUT2D eigenvalue weighted by atomic mass is 9.91. The van der Waals surface area contributed by atoms with Gasteiger partial charge in [0.2, 0.25) is 0 Å².